The lowest BCUT2D eigenvalue weighted by molar-refractivity contribution is -0.133. The van der Waals surface area contributed by atoms with Gasteiger partial charge in [0.05, 0.1) is 16.8 Å². The molecule has 2 aromatic heterocycles. The van der Waals surface area contributed by atoms with Gasteiger partial charge in [-0.1, -0.05) is 25.0 Å². The summed E-state index contributed by atoms with van der Waals surface area (Å²) in [6.45, 7) is 2.39. The van der Waals surface area contributed by atoms with E-state index < -0.39 is 5.54 Å². The highest BCUT2D eigenvalue weighted by Gasteiger charge is 2.48. The van der Waals surface area contributed by atoms with Crippen LogP contribution in [0.4, 0.5) is 4.39 Å². The van der Waals surface area contributed by atoms with Crippen molar-refractivity contribution in [1.82, 2.24) is 14.8 Å². The van der Waals surface area contributed by atoms with Crippen molar-refractivity contribution >= 4 is 33.4 Å². The van der Waals surface area contributed by atoms with Crippen molar-refractivity contribution in [2.45, 2.75) is 57.3 Å². The maximum Gasteiger partial charge on any atom is 0.271 e. The number of thiophene rings is 1. The Morgan fingerprint density at radius 3 is 2.83 bits per heavy atom. The van der Waals surface area contributed by atoms with E-state index in [9.17, 15) is 14.0 Å². The maximum absolute atomic E-state index is 13.8. The molecule has 0 spiro atoms. The Bertz CT molecular complexity index is 1130. The van der Waals surface area contributed by atoms with E-state index in [4.69, 9.17) is 0 Å². The van der Waals surface area contributed by atoms with Crippen LogP contribution in [-0.4, -0.2) is 32.9 Å². The molecule has 3 heterocycles. The van der Waals surface area contributed by atoms with Crippen LogP contribution >= 0.6 is 11.3 Å². The zero-order valence-corrected chi connectivity index (χ0v) is 17.7. The van der Waals surface area contributed by atoms with Crippen molar-refractivity contribution in [2.24, 2.45) is 0 Å². The summed E-state index contributed by atoms with van der Waals surface area (Å²) in [6, 6.07) is 10.3. The van der Waals surface area contributed by atoms with Crippen molar-refractivity contribution in [2.75, 3.05) is 0 Å². The Labute approximate surface area is 178 Å². The second kappa shape index (κ2) is 7.23. The van der Waals surface area contributed by atoms with E-state index in [1.165, 1.54) is 12.1 Å². The van der Waals surface area contributed by atoms with Crippen LogP contribution in [-0.2, 0) is 17.9 Å². The molecular formula is C23H24FN3O2S. The normalized spacial score (nSPS) is 21.9. The molecule has 156 valence electrons. The lowest BCUT2D eigenvalue weighted by Gasteiger charge is -2.44. The fourth-order valence-corrected chi connectivity index (χ4v) is 5.57. The van der Waals surface area contributed by atoms with Crippen molar-refractivity contribution in [1.29, 1.82) is 0 Å². The van der Waals surface area contributed by atoms with E-state index in [2.05, 4.69) is 5.32 Å². The fourth-order valence-electron chi connectivity index (χ4n) is 4.75. The average molecular weight is 426 g/mol. The van der Waals surface area contributed by atoms with Crippen LogP contribution in [0.2, 0.25) is 0 Å². The molecule has 1 N–H and O–H groups in total. The first-order chi connectivity index (χ1) is 14.5. The first-order valence-electron chi connectivity index (χ1n) is 10.4. The summed E-state index contributed by atoms with van der Waals surface area (Å²) in [5.74, 6) is -0.683. The van der Waals surface area contributed by atoms with Gasteiger partial charge >= 0.3 is 0 Å². The average Bonchev–Trinajstić information content (AvgIpc) is 3.44. The van der Waals surface area contributed by atoms with Gasteiger partial charge in [-0.25, -0.2) is 4.39 Å². The molecule has 0 bridgehead atoms. The van der Waals surface area contributed by atoms with Crippen LogP contribution in [0.1, 0.15) is 48.7 Å². The largest absolute Gasteiger partial charge is 0.351 e. The van der Waals surface area contributed by atoms with Gasteiger partial charge < -0.3 is 14.8 Å². The van der Waals surface area contributed by atoms with Gasteiger partial charge in [0, 0.05) is 12.6 Å². The summed E-state index contributed by atoms with van der Waals surface area (Å²) in [5, 5.41) is 5.18. The van der Waals surface area contributed by atoms with Gasteiger partial charge in [0.2, 0.25) is 5.91 Å². The van der Waals surface area contributed by atoms with Crippen LogP contribution in [0.5, 0.6) is 0 Å². The molecule has 5 rings (SSSR count). The molecule has 1 aliphatic carbocycles. The van der Waals surface area contributed by atoms with Crippen LogP contribution in [0.3, 0.4) is 0 Å². The van der Waals surface area contributed by atoms with Gasteiger partial charge in [-0.2, -0.15) is 0 Å². The first-order valence-corrected chi connectivity index (χ1v) is 11.3. The molecule has 1 saturated carbocycles. The van der Waals surface area contributed by atoms with Crippen LogP contribution in [0.25, 0.3) is 10.2 Å². The molecule has 1 atom stereocenters. The summed E-state index contributed by atoms with van der Waals surface area (Å²) in [7, 11) is 0. The van der Waals surface area contributed by atoms with E-state index in [1.54, 1.807) is 28.4 Å². The zero-order valence-electron chi connectivity index (χ0n) is 16.9. The number of carbonyl (C=O) groups is 2. The van der Waals surface area contributed by atoms with E-state index in [-0.39, 0.29) is 30.2 Å². The number of halogens is 1. The Kier molecular flexibility index (Phi) is 4.65. The molecule has 0 unspecified atom stereocenters. The van der Waals surface area contributed by atoms with Gasteiger partial charge in [0.1, 0.15) is 17.1 Å². The molecule has 1 fully saturated rings. The second-order valence-electron chi connectivity index (χ2n) is 8.54. The van der Waals surface area contributed by atoms with Gasteiger partial charge in [0.25, 0.3) is 5.91 Å². The Morgan fingerprint density at radius 2 is 2.07 bits per heavy atom. The molecule has 1 aliphatic heterocycles. The molecule has 1 aromatic carbocycles. The summed E-state index contributed by atoms with van der Waals surface area (Å²) in [5.41, 5.74) is 1.17. The number of carbonyl (C=O) groups excluding carboxylic acids is 2. The first kappa shape index (κ1) is 19.3. The molecule has 30 heavy (non-hydrogen) atoms. The third-order valence-electron chi connectivity index (χ3n) is 6.46. The SMILES string of the molecule is C[C@]1(C(=O)NC2CCCC2)Cn2c(cc3sccc32)C(=O)N1Cc1cccc(F)c1. The molecule has 5 nitrogen and oxygen atoms in total. The summed E-state index contributed by atoms with van der Waals surface area (Å²) in [6.07, 6.45) is 4.18. The summed E-state index contributed by atoms with van der Waals surface area (Å²) >= 11 is 1.58. The Balaban J connectivity index is 1.55. The number of fused-ring (bicyclic) bond motifs is 3. The molecule has 2 amide bonds. The van der Waals surface area contributed by atoms with Gasteiger partial charge in [-0.15, -0.1) is 11.3 Å². The number of nitrogens with zero attached hydrogens (tertiary/aromatic N) is 2. The van der Waals surface area contributed by atoms with Gasteiger partial charge in [-0.05, 0) is 55.0 Å². The van der Waals surface area contributed by atoms with Crippen molar-refractivity contribution in [3.63, 3.8) is 0 Å². The third-order valence-corrected chi connectivity index (χ3v) is 7.31. The zero-order chi connectivity index (χ0) is 20.9. The van der Waals surface area contributed by atoms with Crippen LogP contribution < -0.4 is 5.32 Å². The number of amides is 2. The number of aromatic nitrogens is 1. The lowest BCUT2D eigenvalue weighted by Crippen LogP contribution is -2.64. The molecule has 7 heteroatoms. The third kappa shape index (κ3) is 3.12. The highest BCUT2D eigenvalue weighted by atomic mass is 32.1. The predicted molar refractivity (Wildman–Crippen MR) is 115 cm³/mol. The highest BCUT2D eigenvalue weighted by Crippen LogP contribution is 2.35. The maximum atomic E-state index is 13.8. The number of hydrogen-bond donors (Lipinski definition) is 1. The molecule has 2 aliphatic rings. The minimum atomic E-state index is -1.06. The predicted octanol–water partition coefficient (Wildman–Crippen LogP) is 4.32. The smallest absolute Gasteiger partial charge is 0.271 e. The van der Waals surface area contributed by atoms with E-state index in [0.717, 1.165) is 35.9 Å². The van der Waals surface area contributed by atoms with Crippen LogP contribution in [0, 0.1) is 5.82 Å². The van der Waals surface area contributed by atoms with E-state index in [0.29, 0.717) is 17.8 Å². The minimum absolute atomic E-state index is 0.137. The Morgan fingerprint density at radius 1 is 1.27 bits per heavy atom. The minimum Gasteiger partial charge on any atom is -0.351 e. The van der Waals surface area contributed by atoms with E-state index in [1.807, 2.05) is 29.0 Å². The van der Waals surface area contributed by atoms with Crippen LogP contribution in [0.15, 0.2) is 41.8 Å². The van der Waals surface area contributed by atoms with Crippen molar-refractivity contribution in [3.8, 4) is 0 Å². The molecule has 0 radical (unpaired) electrons. The standard InChI is InChI=1S/C23H24FN3O2S/c1-23(22(29)25-17-7-2-3-8-17)14-26-18-9-10-30-20(18)12-19(26)21(28)27(23)13-15-5-4-6-16(24)11-15/h4-6,9-12,17H,2-3,7-8,13-14H2,1H3,(H,25,29)/t23-/m1/s1. The van der Waals surface area contributed by atoms with Gasteiger partial charge in [-0.3, -0.25) is 9.59 Å². The topological polar surface area (TPSA) is 54.3 Å². The molecular weight excluding hydrogens is 401 g/mol. The number of benzene rings is 1. The monoisotopic (exact) mass is 425 g/mol. The summed E-state index contributed by atoms with van der Waals surface area (Å²) in [4.78, 5) is 28.7. The number of rotatable bonds is 4. The number of nitrogens with one attached hydrogen (secondary N) is 1. The van der Waals surface area contributed by atoms with E-state index >= 15 is 0 Å². The highest BCUT2D eigenvalue weighted by molar-refractivity contribution is 7.17. The summed E-state index contributed by atoms with van der Waals surface area (Å²) < 4.78 is 16.8. The second-order valence-corrected chi connectivity index (χ2v) is 9.48. The Hall–Kier alpha value is -2.67. The number of hydrogen-bond acceptors (Lipinski definition) is 3. The molecule has 3 aromatic rings. The quantitative estimate of drug-likeness (QED) is 0.677. The fraction of sp³-hybridized carbons (Fsp3) is 0.391. The van der Waals surface area contributed by atoms with Gasteiger partial charge in [0.15, 0.2) is 0 Å². The lowest BCUT2D eigenvalue weighted by atomic mass is 9.93. The van der Waals surface area contributed by atoms with Crippen molar-refractivity contribution in [3.05, 3.63) is 58.9 Å². The van der Waals surface area contributed by atoms with Crippen molar-refractivity contribution < 1.29 is 14.0 Å². The molecule has 0 saturated heterocycles.